The van der Waals surface area contributed by atoms with Gasteiger partial charge in [0, 0.05) is 25.8 Å². The number of hydrogen-bond acceptors (Lipinski definition) is 3. The van der Waals surface area contributed by atoms with E-state index in [4.69, 9.17) is 5.11 Å². The number of aliphatic hydroxyl groups is 2. The summed E-state index contributed by atoms with van der Waals surface area (Å²) in [5, 5.41) is 22.5. The normalized spacial score (nSPS) is 13.0. The molecule has 86 valence electrons. The molecule has 1 heterocycles. The smallest absolute Gasteiger partial charge is 0.1000 e. The second-order valence-corrected chi connectivity index (χ2v) is 3.74. The van der Waals surface area contributed by atoms with Gasteiger partial charge in [0.2, 0.25) is 0 Å². The van der Waals surface area contributed by atoms with Crippen LogP contribution in [0.4, 0.5) is 0 Å². The van der Waals surface area contributed by atoms with Crippen molar-refractivity contribution < 1.29 is 10.2 Å². The molecule has 0 aliphatic rings. The van der Waals surface area contributed by atoms with Crippen molar-refractivity contribution in [3.05, 3.63) is 18.0 Å². The zero-order valence-electron chi connectivity index (χ0n) is 9.26. The van der Waals surface area contributed by atoms with Crippen LogP contribution >= 0.6 is 0 Å². The number of unbranched alkanes of at least 4 members (excludes halogenated alkanes) is 2. The van der Waals surface area contributed by atoms with Crippen LogP contribution in [0.1, 0.15) is 44.4 Å². The predicted octanol–water partition coefficient (Wildman–Crippen LogP) is 1.49. The Balaban J connectivity index is 2.41. The Kier molecular flexibility index (Phi) is 5.36. The number of nitrogens with zero attached hydrogens (tertiary/aromatic N) is 2. The van der Waals surface area contributed by atoms with Crippen LogP contribution in [0, 0.1) is 0 Å². The van der Waals surface area contributed by atoms with Crippen LogP contribution in [0.25, 0.3) is 0 Å². The summed E-state index contributed by atoms with van der Waals surface area (Å²) in [6.07, 6.45) is 5.11. The first-order valence-corrected chi connectivity index (χ1v) is 5.60. The van der Waals surface area contributed by atoms with Crippen molar-refractivity contribution in [2.75, 3.05) is 6.61 Å². The van der Waals surface area contributed by atoms with Crippen molar-refractivity contribution in [3.8, 4) is 0 Å². The standard InChI is InChI=1S/C11H20N2O2/c1-2-3-4-7-13-8-5-10(12-13)11(15)6-9-14/h5,8,11,14-15H,2-4,6-7,9H2,1H3/t11-/m1/s1. The van der Waals surface area contributed by atoms with Gasteiger partial charge in [-0.25, -0.2) is 0 Å². The van der Waals surface area contributed by atoms with Crippen LogP contribution in [-0.2, 0) is 6.54 Å². The molecule has 4 heteroatoms. The van der Waals surface area contributed by atoms with Crippen LogP contribution < -0.4 is 0 Å². The summed E-state index contributed by atoms with van der Waals surface area (Å²) in [6, 6.07) is 1.81. The molecular formula is C11H20N2O2. The molecule has 0 bridgehead atoms. The first kappa shape index (κ1) is 12.2. The average molecular weight is 212 g/mol. The van der Waals surface area contributed by atoms with Crippen LogP contribution in [-0.4, -0.2) is 26.6 Å². The molecule has 0 saturated heterocycles. The Morgan fingerprint density at radius 1 is 1.47 bits per heavy atom. The summed E-state index contributed by atoms with van der Waals surface area (Å²) in [4.78, 5) is 0. The van der Waals surface area contributed by atoms with E-state index in [1.54, 1.807) is 0 Å². The molecule has 1 aromatic rings. The fourth-order valence-corrected chi connectivity index (χ4v) is 1.47. The van der Waals surface area contributed by atoms with Gasteiger partial charge in [0.15, 0.2) is 0 Å². The largest absolute Gasteiger partial charge is 0.396 e. The second kappa shape index (κ2) is 6.58. The van der Waals surface area contributed by atoms with Gasteiger partial charge < -0.3 is 10.2 Å². The lowest BCUT2D eigenvalue weighted by atomic mass is 10.2. The van der Waals surface area contributed by atoms with Crippen molar-refractivity contribution in [1.82, 2.24) is 9.78 Å². The fraction of sp³-hybridized carbons (Fsp3) is 0.727. The highest BCUT2D eigenvalue weighted by molar-refractivity contribution is 5.02. The van der Waals surface area contributed by atoms with Crippen LogP contribution in [0.2, 0.25) is 0 Å². The Labute approximate surface area is 90.5 Å². The number of rotatable bonds is 7. The van der Waals surface area contributed by atoms with E-state index in [1.165, 1.54) is 12.8 Å². The molecule has 15 heavy (non-hydrogen) atoms. The lowest BCUT2D eigenvalue weighted by Gasteiger charge is -2.04. The minimum atomic E-state index is -0.637. The molecule has 0 spiro atoms. The quantitative estimate of drug-likeness (QED) is 0.673. The number of aryl methyl sites for hydroxylation is 1. The molecule has 1 rings (SSSR count). The van der Waals surface area contributed by atoms with Gasteiger partial charge in [0.25, 0.3) is 0 Å². The first-order valence-electron chi connectivity index (χ1n) is 5.60. The highest BCUT2D eigenvalue weighted by Crippen LogP contribution is 2.13. The maximum Gasteiger partial charge on any atom is 0.1000 e. The topological polar surface area (TPSA) is 58.3 Å². The third kappa shape index (κ3) is 4.01. The minimum absolute atomic E-state index is 0.0101. The molecule has 1 aromatic heterocycles. The molecule has 0 fully saturated rings. The molecule has 2 N–H and O–H groups in total. The molecular weight excluding hydrogens is 192 g/mol. The summed E-state index contributed by atoms with van der Waals surface area (Å²) >= 11 is 0. The van der Waals surface area contributed by atoms with Crippen molar-refractivity contribution in [3.63, 3.8) is 0 Å². The molecule has 4 nitrogen and oxygen atoms in total. The molecule has 0 radical (unpaired) electrons. The molecule has 0 saturated carbocycles. The summed E-state index contributed by atoms with van der Waals surface area (Å²) in [6.45, 7) is 3.06. The van der Waals surface area contributed by atoms with E-state index >= 15 is 0 Å². The van der Waals surface area contributed by atoms with Crippen molar-refractivity contribution in [2.45, 2.75) is 45.3 Å². The van der Waals surface area contributed by atoms with E-state index in [2.05, 4.69) is 12.0 Å². The van der Waals surface area contributed by atoms with Gasteiger partial charge in [0.05, 0.1) is 11.8 Å². The highest BCUT2D eigenvalue weighted by atomic mass is 16.3. The second-order valence-electron chi connectivity index (χ2n) is 3.74. The van der Waals surface area contributed by atoms with E-state index in [0.717, 1.165) is 13.0 Å². The lowest BCUT2D eigenvalue weighted by Crippen LogP contribution is -2.04. The molecule has 0 aliphatic heterocycles. The van der Waals surface area contributed by atoms with Crippen LogP contribution in [0.15, 0.2) is 12.3 Å². The van der Waals surface area contributed by atoms with Gasteiger partial charge in [0.1, 0.15) is 0 Å². The molecule has 1 atom stereocenters. The average Bonchev–Trinajstić information content (AvgIpc) is 2.67. The Bertz CT molecular complexity index is 273. The van der Waals surface area contributed by atoms with Crippen molar-refractivity contribution in [1.29, 1.82) is 0 Å². The summed E-state index contributed by atoms with van der Waals surface area (Å²) in [5.41, 5.74) is 0.653. The Hall–Kier alpha value is -0.870. The third-order valence-electron chi connectivity index (χ3n) is 2.40. The molecule has 0 unspecified atom stereocenters. The molecule has 0 aromatic carbocycles. The first-order chi connectivity index (χ1) is 7.27. The van der Waals surface area contributed by atoms with Crippen molar-refractivity contribution in [2.24, 2.45) is 0 Å². The van der Waals surface area contributed by atoms with Gasteiger partial charge >= 0.3 is 0 Å². The number of aliphatic hydroxyl groups excluding tert-OH is 2. The van der Waals surface area contributed by atoms with Gasteiger partial charge in [-0.2, -0.15) is 5.10 Å². The predicted molar refractivity (Wildman–Crippen MR) is 58.4 cm³/mol. The summed E-state index contributed by atoms with van der Waals surface area (Å²) in [7, 11) is 0. The van der Waals surface area contributed by atoms with Gasteiger partial charge in [-0.15, -0.1) is 0 Å². The lowest BCUT2D eigenvalue weighted by molar-refractivity contribution is 0.130. The summed E-state index contributed by atoms with van der Waals surface area (Å²) < 4.78 is 1.85. The van der Waals surface area contributed by atoms with E-state index in [1.807, 2.05) is 16.9 Å². The van der Waals surface area contributed by atoms with E-state index in [0.29, 0.717) is 12.1 Å². The fourth-order valence-electron chi connectivity index (χ4n) is 1.47. The zero-order chi connectivity index (χ0) is 11.1. The highest BCUT2D eigenvalue weighted by Gasteiger charge is 2.09. The van der Waals surface area contributed by atoms with E-state index < -0.39 is 6.10 Å². The monoisotopic (exact) mass is 212 g/mol. The van der Waals surface area contributed by atoms with E-state index in [9.17, 15) is 5.11 Å². The Morgan fingerprint density at radius 2 is 2.27 bits per heavy atom. The SMILES string of the molecule is CCCCCn1ccc([C@H](O)CCO)n1. The van der Waals surface area contributed by atoms with Crippen LogP contribution in [0.3, 0.4) is 0 Å². The third-order valence-corrected chi connectivity index (χ3v) is 2.40. The Morgan fingerprint density at radius 3 is 2.93 bits per heavy atom. The maximum atomic E-state index is 9.57. The van der Waals surface area contributed by atoms with Crippen molar-refractivity contribution >= 4 is 0 Å². The maximum absolute atomic E-state index is 9.57. The number of aromatic nitrogens is 2. The summed E-state index contributed by atoms with van der Waals surface area (Å²) in [5.74, 6) is 0. The molecule has 0 amide bonds. The minimum Gasteiger partial charge on any atom is -0.396 e. The van der Waals surface area contributed by atoms with E-state index in [-0.39, 0.29) is 6.61 Å². The van der Waals surface area contributed by atoms with Gasteiger partial charge in [-0.05, 0) is 12.5 Å². The number of hydrogen-bond donors (Lipinski definition) is 2. The zero-order valence-corrected chi connectivity index (χ0v) is 9.26. The van der Waals surface area contributed by atoms with Gasteiger partial charge in [-0.1, -0.05) is 19.8 Å². The van der Waals surface area contributed by atoms with Crippen LogP contribution in [0.5, 0.6) is 0 Å². The molecule has 0 aliphatic carbocycles. The van der Waals surface area contributed by atoms with Gasteiger partial charge in [-0.3, -0.25) is 4.68 Å².